The highest BCUT2D eigenvalue weighted by molar-refractivity contribution is 5.81. The van der Waals surface area contributed by atoms with Gasteiger partial charge < -0.3 is 4.74 Å². The maximum absolute atomic E-state index is 11.0. The predicted molar refractivity (Wildman–Crippen MR) is 58.0 cm³/mol. The third-order valence-electron chi connectivity index (χ3n) is 1.77. The molecule has 14 heavy (non-hydrogen) atoms. The molecule has 80 valence electrons. The van der Waals surface area contributed by atoms with Gasteiger partial charge in [0.25, 0.3) is 0 Å². The van der Waals surface area contributed by atoms with Gasteiger partial charge in [0.05, 0.1) is 12.7 Å². The Bertz CT molecular complexity index is 200. The van der Waals surface area contributed by atoms with Crippen molar-refractivity contribution in [3.63, 3.8) is 0 Å². The number of rotatable bonds is 7. The molecule has 0 fully saturated rings. The third kappa shape index (κ3) is 9.08. The molecule has 2 heteroatoms. The maximum Gasteiger partial charge on any atom is 0.338 e. The summed E-state index contributed by atoms with van der Waals surface area (Å²) in [5.74, 6) is -0.286. The van der Waals surface area contributed by atoms with E-state index in [1.807, 2.05) is 6.92 Å². The Hall–Kier alpha value is -1.01. The summed E-state index contributed by atoms with van der Waals surface area (Å²) < 4.78 is 4.96. The average molecular weight is 196 g/mol. The zero-order chi connectivity index (χ0) is 10.6. The molecule has 0 N–H and O–H groups in total. The Kier molecular flexibility index (Phi) is 9.35. The van der Waals surface area contributed by atoms with Crippen LogP contribution in [0, 0.1) is 0 Å². The van der Waals surface area contributed by atoms with Crippen LogP contribution >= 0.6 is 0 Å². The Morgan fingerprint density at radius 3 is 2.71 bits per heavy atom. The number of unbranched alkanes of at least 4 members (excludes halogenated alkanes) is 3. The summed E-state index contributed by atoms with van der Waals surface area (Å²) in [6, 6.07) is 0. The molecular weight excluding hydrogens is 176 g/mol. The van der Waals surface area contributed by atoms with Gasteiger partial charge in [-0.2, -0.15) is 0 Å². The molecule has 0 bridgehead atoms. The second-order valence-electron chi connectivity index (χ2n) is 3.15. The summed E-state index contributed by atoms with van der Waals surface area (Å²) >= 11 is 0. The van der Waals surface area contributed by atoms with E-state index in [9.17, 15) is 4.79 Å². The summed E-state index contributed by atoms with van der Waals surface area (Å²) in [5, 5.41) is 0. The molecule has 0 aliphatic heterocycles. The summed E-state index contributed by atoms with van der Waals surface area (Å²) in [7, 11) is 0. The van der Waals surface area contributed by atoms with Gasteiger partial charge in [-0.1, -0.05) is 33.1 Å². The van der Waals surface area contributed by atoms with Gasteiger partial charge in [0.2, 0.25) is 0 Å². The second-order valence-corrected chi connectivity index (χ2v) is 3.15. The normalized spacial score (nSPS) is 9.00. The summed E-state index contributed by atoms with van der Waals surface area (Å²) in [5.41, 5.74) is 2.76. The summed E-state index contributed by atoms with van der Waals surface area (Å²) in [4.78, 5) is 11.0. The first kappa shape index (κ1) is 13.0. The highest BCUT2D eigenvalue weighted by Gasteiger charge is 1.94. The average Bonchev–Trinajstić information content (AvgIpc) is 2.18. The van der Waals surface area contributed by atoms with Crippen molar-refractivity contribution >= 4 is 5.97 Å². The molecule has 2 nitrogen and oxygen atoms in total. The van der Waals surface area contributed by atoms with Crippen LogP contribution in [0.3, 0.4) is 0 Å². The number of hydrogen-bond acceptors (Lipinski definition) is 2. The molecule has 0 atom stereocenters. The fraction of sp³-hybridized carbons (Fsp3) is 0.667. The van der Waals surface area contributed by atoms with Gasteiger partial charge in [0.15, 0.2) is 0 Å². The van der Waals surface area contributed by atoms with E-state index < -0.39 is 0 Å². The molecule has 0 aliphatic rings. The topological polar surface area (TPSA) is 26.3 Å². The third-order valence-corrected chi connectivity index (χ3v) is 1.77. The minimum atomic E-state index is -0.286. The summed E-state index contributed by atoms with van der Waals surface area (Å²) in [6.45, 7) is 4.68. The lowest BCUT2D eigenvalue weighted by molar-refractivity contribution is -0.137. The predicted octanol–water partition coefficient (Wildman–Crippen LogP) is 3.23. The zero-order valence-corrected chi connectivity index (χ0v) is 9.21. The lowest BCUT2D eigenvalue weighted by Crippen LogP contribution is -2.01. The van der Waals surface area contributed by atoms with Crippen LogP contribution in [-0.4, -0.2) is 12.6 Å². The van der Waals surface area contributed by atoms with Gasteiger partial charge in [-0.15, -0.1) is 5.73 Å². The largest absolute Gasteiger partial charge is 0.462 e. The van der Waals surface area contributed by atoms with Crippen LogP contribution in [0.2, 0.25) is 0 Å². The Morgan fingerprint density at radius 1 is 1.29 bits per heavy atom. The van der Waals surface area contributed by atoms with Crippen molar-refractivity contribution < 1.29 is 9.53 Å². The van der Waals surface area contributed by atoms with Crippen molar-refractivity contribution in [3.8, 4) is 0 Å². The first-order chi connectivity index (χ1) is 6.81. The molecule has 0 aromatic carbocycles. The first-order valence-electron chi connectivity index (χ1n) is 5.39. The molecule has 0 spiro atoms. The molecule has 0 aliphatic carbocycles. The molecule has 0 aromatic heterocycles. The van der Waals surface area contributed by atoms with E-state index >= 15 is 0 Å². The van der Waals surface area contributed by atoms with E-state index in [-0.39, 0.29) is 5.97 Å². The smallest absolute Gasteiger partial charge is 0.338 e. The Morgan fingerprint density at radius 2 is 2.07 bits per heavy atom. The van der Waals surface area contributed by atoms with E-state index in [1.165, 1.54) is 18.9 Å². The molecule has 0 heterocycles. The van der Waals surface area contributed by atoms with Crippen LogP contribution in [0.4, 0.5) is 0 Å². The molecule has 0 unspecified atom stereocenters. The van der Waals surface area contributed by atoms with Crippen molar-refractivity contribution in [2.75, 3.05) is 6.61 Å². The number of carbonyl (C=O) groups is 1. The SMILES string of the molecule is CCC=C=CC(=O)OCCCCCC. The van der Waals surface area contributed by atoms with E-state index in [0.29, 0.717) is 6.61 Å². The Labute approximate surface area is 86.6 Å². The standard InChI is InChI=1S/C12H20O2/c1-3-5-7-9-11-14-12(13)10-8-6-4-2/h6,10H,3-5,7,9,11H2,1-2H3. The number of hydrogen-bond donors (Lipinski definition) is 0. The second kappa shape index (κ2) is 10.1. The van der Waals surface area contributed by atoms with E-state index in [4.69, 9.17) is 4.74 Å². The molecule has 0 rings (SSSR count). The van der Waals surface area contributed by atoms with Crippen molar-refractivity contribution in [3.05, 3.63) is 17.9 Å². The minimum absolute atomic E-state index is 0.286. The summed E-state index contributed by atoms with van der Waals surface area (Å²) in [6.07, 6.45) is 8.56. The van der Waals surface area contributed by atoms with Gasteiger partial charge in [-0.3, -0.25) is 0 Å². The molecule has 0 radical (unpaired) electrons. The van der Waals surface area contributed by atoms with Crippen LogP contribution in [0.15, 0.2) is 17.9 Å². The highest BCUT2D eigenvalue weighted by atomic mass is 16.5. The van der Waals surface area contributed by atoms with E-state index in [2.05, 4.69) is 12.7 Å². The van der Waals surface area contributed by atoms with Crippen LogP contribution in [0.1, 0.15) is 46.0 Å². The monoisotopic (exact) mass is 196 g/mol. The van der Waals surface area contributed by atoms with Gasteiger partial charge in [-0.25, -0.2) is 4.79 Å². The van der Waals surface area contributed by atoms with Crippen molar-refractivity contribution in [1.82, 2.24) is 0 Å². The Balaban J connectivity index is 3.40. The minimum Gasteiger partial charge on any atom is -0.462 e. The van der Waals surface area contributed by atoms with Gasteiger partial charge in [0, 0.05) is 0 Å². The fourth-order valence-electron chi connectivity index (χ4n) is 0.988. The molecule has 0 saturated heterocycles. The first-order valence-corrected chi connectivity index (χ1v) is 5.39. The van der Waals surface area contributed by atoms with Crippen LogP contribution in [-0.2, 0) is 9.53 Å². The van der Waals surface area contributed by atoms with Crippen LogP contribution < -0.4 is 0 Å². The number of esters is 1. The van der Waals surface area contributed by atoms with Crippen molar-refractivity contribution in [1.29, 1.82) is 0 Å². The lowest BCUT2D eigenvalue weighted by atomic mass is 10.2. The van der Waals surface area contributed by atoms with E-state index in [1.54, 1.807) is 6.08 Å². The van der Waals surface area contributed by atoms with Crippen LogP contribution in [0.5, 0.6) is 0 Å². The quantitative estimate of drug-likeness (QED) is 0.270. The van der Waals surface area contributed by atoms with E-state index in [0.717, 1.165) is 19.3 Å². The van der Waals surface area contributed by atoms with Gasteiger partial charge >= 0.3 is 5.97 Å². The van der Waals surface area contributed by atoms with Crippen LogP contribution in [0.25, 0.3) is 0 Å². The highest BCUT2D eigenvalue weighted by Crippen LogP contribution is 1.98. The molecular formula is C12H20O2. The zero-order valence-electron chi connectivity index (χ0n) is 9.21. The number of ether oxygens (including phenoxy) is 1. The van der Waals surface area contributed by atoms with Gasteiger partial charge in [-0.05, 0) is 18.9 Å². The molecule has 0 amide bonds. The van der Waals surface area contributed by atoms with Gasteiger partial charge in [0.1, 0.15) is 0 Å². The maximum atomic E-state index is 11.0. The molecule has 0 saturated carbocycles. The number of carbonyl (C=O) groups excluding carboxylic acids is 1. The lowest BCUT2D eigenvalue weighted by Gasteiger charge is -1.99. The molecule has 0 aromatic rings. The van der Waals surface area contributed by atoms with Crippen molar-refractivity contribution in [2.45, 2.75) is 46.0 Å². The fourth-order valence-corrected chi connectivity index (χ4v) is 0.988. The van der Waals surface area contributed by atoms with Crippen molar-refractivity contribution in [2.24, 2.45) is 0 Å².